The molecule has 0 atom stereocenters. The lowest BCUT2D eigenvalue weighted by molar-refractivity contribution is 0.0619. The molecule has 3 aromatic carbocycles. The number of hydrogen-bond donors (Lipinski definition) is 0. The minimum Gasteiger partial charge on any atom is -0.335 e. The van der Waals surface area contributed by atoms with Crippen molar-refractivity contribution >= 4 is 28.4 Å². The van der Waals surface area contributed by atoms with E-state index in [2.05, 4.69) is 11.0 Å². The van der Waals surface area contributed by atoms with E-state index in [0.717, 1.165) is 41.7 Å². The summed E-state index contributed by atoms with van der Waals surface area (Å²) in [6.07, 6.45) is 0. The van der Waals surface area contributed by atoms with Gasteiger partial charge >= 0.3 is 0 Å². The van der Waals surface area contributed by atoms with Gasteiger partial charge in [-0.25, -0.2) is 4.39 Å². The number of aromatic nitrogens is 1. The summed E-state index contributed by atoms with van der Waals surface area (Å²) < 4.78 is 15.4. The molecule has 1 aliphatic rings. The van der Waals surface area contributed by atoms with E-state index in [1.165, 1.54) is 12.1 Å². The summed E-state index contributed by atoms with van der Waals surface area (Å²) in [5.74, 6) is -0.300. The van der Waals surface area contributed by atoms with Gasteiger partial charge < -0.3 is 9.47 Å². The fourth-order valence-electron chi connectivity index (χ4n) is 4.58. The number of amides is 1. The molecule has 0 spiro atoms. The smallest absolute Gasteiger partial charge is 0.270 e. The number of nitriles is 1. The summed E-state index contributed by atoms with van der Waals surface area (Å²) in [5, 5.41) is 10.5. The second kappa shape index (κ2) is 9.91. The Morgan fingerprint density at radius 3 is 2.23 bits per heavy atom. The minimum atomic E-state index is -0.284. The lowest BCUT2D eigenvalue weighted by Gasteiger charge is -2.35. The van der Waals surface area contributed by atoms with E-state index in [9.17, 15) is 9.18 Å². The number of piperazine rings is 1. The van der Waals surface area contributed by atoms with Crippen molar-refractivity contribution in [2.75, 3.05) is 26.2 Å². The van der Waals surface area contributed by atoms with Crippen LogP contribution < -0.4 is 0 Å². The van der Waals surface area contributed by atoms with Crippen LogP contribution in [-0.2, 0) is 13.1 Å². The van der Waals surface area contributed by atoms with Crippen molar-refractivity contribution in [3.63, 3.8) is 0 Å². The Hall–Kier alpha value is -3.66. The van der Waals surface area contributed by atoms with Gasteiger partial charge in [0, 0.05) is 55.2 Å². The number of carbonyl (C=O) groups excluding carboxylic acids is 1. The summed E-state index contributed by atoms with van der Waals surface area (Å²) in [6, 6.07) is 23.6. The van der Waals surface area contributed by atoms with Crippen LogP contribution in [0.3, 0.4) is 0 Å². The van der Waals surface area contributed by atoms with Gasteiger partial charge in [-0.15, -0.1) is 0 Å². The molecular weight excluding hydrogens is 463 g/mol. The molecule has 0 bridgehead atoms. The number of carbonyl (C=O) groups is 1. The van der Waals surface area contributed by atoms with E-state index < -0.39 is 0 Å². The maximum atomic E-state index is 13.6. The monoisotopic (exact) mass is 486 g/mol. The molecule has 5 rings (SSSR count). The number of nitrogens with zero attached hydrogens (tertiary/aromatic N) is 4. The van der Waals surface area contributed by atoms with Crippen molar-refractivity contribution in [1.82, 2.24) is 14.4 Å². The van der Waals surface area contributed by atoms with Crippen LogP contribution in [0.2, 0.25) is 5.02 Å². The first-order valence-electron chi connectivity index (χ1n) is 11.5. The van der Waals surface area contributed by atoms with Gasteiger partial charge in [0.05, 0.1) is 11.6 Å². The molecule has 1 fully saturated rings. The van der Waals surface area contributed by atoms with Gasteiger partial charge in [0.25, 0.3) is 5.91 Å². The molecule has 1 aliphatic heterocycles. The highest BCUT2D eigenvalue weighted by Crippen LogP contribution is 2.26. The van der Waals surface area contributed by atoms with E-state index in [0.29, 0.717) is 35.9 Å². The molecule has 0 unspecified atom stereocenters. The van der Waals surface area contributed by atoms with Gasteiger partial charge in [0.15, 0.2) is 0 Å². The van der Waals surface area contributed by atoms with Gasteiger partial charge in [-0.05, 0) is 59.7 Å². The normalized spacial score (nSPS) is 14.3. The molecule has 0 N–H and O–H groups in total. The van der Waals surface area contributed by atoms with Crippen LogP contribution in [0.4, 0.5) is 4.39 Å². The molecule has 1 amide bonds. The Morgan fingerprint density at radius 1 is 0.886 bits per heavy atom. The standard InChI is InChI=1S/C28H24ClFN4O/c29-24-7-10-26-23(15-24)16-27(34(26)19-22-5-8-25(30)9-6-22)28(35)33-13-11-32(12-14-33)18-21-3-1-20(17-31)2-4-21/h1-10,15-16H,11-14,18-19H2. The van der Waals surface area contributed by atoms with Crippen LogP contribution in [0.5, 0.6) is 0 Å². The van der Waals surface area contributed by atoms with Gasteiger partial charge in [-0.1, -0.05) is 35.9 Å². The fourth-order valence-corrected chi connectivity index (χ4v) is 4.76. The second-order valence-corrected chi connectivity index (χ2v) is 9.26. The predicted octanol–water partition coefficient (Wildman–Crippen LogP) is 5.31. The average Bonchev–Trinajstić information content (AvgIpc) is 3.23. The molecule has 0 saturated carbocycles. The third-order valence-electron chi connectivity index (χ3n) is 6.49. The first kappa shape index (κ1) is 23.1. The second-order valence-electron chi connectivity index (χ2n) is 8.82. The molecule has 1 saturated heterocycles. The molecule has 4 aromatic rings. The van der Waals surface area contributed by atoms with Crippen LogP contribution in [0.1, 0.15) is 27.2 Å². The van der Waals surface area contributed by atoms with E-state index in [4.69, 9.17) is 16.9 Å². The zero-order chi connectivity index (χ0) is 24.4. The van der Waals surface area contributed by atoms with Crippen molar-refractivity contribution in [2.24, 2.45) is 0 Å². The van der Waals surface area contributed by atoms with Crippen LogP contribution in [0, 0.1) is 17.1 Å². The highest BCUT2D eigenvalue weighted by molar-refractivity contribution is 6.31. The highest BCUT2D eigenvalue weighted by atomic mass is 35.5. The molecule has 2 heterocycles. The molecule has 0 aliphatic carbocycles. The summed E-state index contributed by atoms with van der Waals surface area (Å²) in [7, 11) is 0. The zero-order valence-corrected chi connectivity index (χ0v) is 19.9. The topological polar surface area (TPSA) is 52.3 Å². The van der Waals surface area contributed by atoms with Crippen LogP contribution >= 0.6 is 11.6 Å². The van der Waals surface area contributed by atoms with Crippen molar-refractivity contribution in [3.05, 3.63) is 106 Å². The van der Waals surface area contributed by atoms with E-state index in [1.54, 1.807) is 12.1 Å². The SMILES string of the molecule is N#Cc1ccc(CN2CCN(C(=O)c3cc4cc(Cl)ccc4n3Cc3ccc(F)cc3)CC2)cc1. The summed E-state index contributed by atoms with van der Waals surface area (Å²) >= 11 is 6.22. The van der Waals surface area contributed by atoms with Crippen molar-refractivity contribution in [1.29, 1.82) is 5.26 Å². The molecule has 5 nitrogen and oxygen atoms in total. The van der Waals surface area contributed by atoms with Gasteiger partial charge in [0.2, 0.25) is 0 Å². The number of benzene rings is 3. The molecule has 176 valence electrons. The van der Waals surface area contributed by atoms with Gasteiger partial charge in [0.1, 0.15) is 11.5 Å². The molecule has 7 heteroatoms. The summed E-state index contributed by atoms with van der Waals surface area (Å²) in [6.45, 7) is 4.07. The lowest BCUT2D eigenvalue weighted by Crippen LogP contribution is -2.48. The number of hydrogen-bond acceptors (Lipinski definition) is 3. The molecule has 35 heavy (non-hydrogen) atoms. The first-order chi connectivity index (χ1) is 17.0. The molecule has 0 radical (unpaired) electrons. The van der Waals surface area contributed by atoms with Crippen LogP contribution in [-0.4, -0.2) is 46.5 Å². The largest absolute Gasteiger partial charge is 0.335 e. The quantitative estimate of drug-likeness (QED) is 0.384. The fraction of sp³-hybridized carbons (Fsp3) is 0.214. The maximum Gasteiger partial charge on any atom is 0.270 e. The van der Waals surface area contributed by atoms with Crippen LogP contribution in [0.15, 0.2) is 72.8 Å². The van der Waals surface area contributed by atoms with Crippen molar-refractivity contribution in [2.45, 2.75) is 13.1 Å². The number of halogens is 2. The Morgan fingerprint density at radius 2 is 1.54 bits per heavy atom. The zero-order valence-electron chi connectivity index (χ0n) is 19.1. The van der Waals surface area contributed by atoms with E-state index in [-0.39, 0.29) is 11.7 Å². The average molecular weight is 487 g/mol. The summed E-state index contributed by atoms with van der Waals surface area (Å²) in [5.41, 5.74) is 4.25. The summed E-state index contributed by atoms with van der Waals surface area (Å²) in [4.78, 5) is 17.8. The van der Waals surface area contributed by atoms with Gasteiger partial charge in [-0.3, -0.25) is 9.69 Å². The third-order valence-corrected chi connectivity index (χ3v) is 6.72. The Balaban J connectivity index is 1.33. The Labute approximate surface area is 208 Å². The van der Waals surface area contributed by atoms with Crippen LogP contribution in [0.25, 0.3) is 10.9 Å². The Bertz CT molecular complexity index is 1400. The minimum absolute atomic E-state index is 0.0162. The molecular formula is C28H24ClFN4O. The first-order valence-corrected chi connectivity index (χ1v) is 11.9. The van der Waals surface area contributed by atoms with Crippen molar-refractivity contribution < 1.29 is 9.18 Å². The van der Waals surface area contributed by atoms with E-state index in [1.807, 2.05) is 58.0 Å². The third kappa shape index (κ3) is 5.07. The lowest BCUT2D eigenvalue weighted by atomic mass is 10.1. The highest BCUT2D eigenvalue weighted by Gasteiger charge is 2.25. The van der Waals surface area contributed by atoms with Gasteiger partial charge in [-0.2, -0.15) is 5.26 Å². The number of rotatable bonds is 5. The van der Waals surface area contributed by atoms with Crippen molar-refractivity contribution in [3.8, 4) is 6.07 Å². The maximum absolute atomic E-state index is 13.6. The Kier molecular flexibility index (Phi) is 6.54. The number of fused-ring (bicyclic) bond motifs is 1. The van der Waals surface area contributed by atoms with E-state index >= 15 is 0 Å². The predicted molar refractivity (Wildman–Crippen MR) is 135 cm³/mol. The molecule has 1 aromatic heterocycles.